The lowest BCUT2D eigenvalue weighted by Gasteiger charge is -2.05. The molecule has 1 heteroatoms. The molecule has 0 spiro atoms. The van der Waals surface area contributed by atoms with Gasteiger partial charge in [-0.15, -0.1) is 6.58 Å². The van der Waals surface area contributed by atoms with Crippen LogP contribution in [0.2, 0.25) is 0 Å². The highest BCUT2D eigenvalue weighted by Crippen LogP contribution is 2.14. The van der Waals surface area contributed by atoms with Crippen molar-refractivity contribution in [2.45, 2.75) is 104 Å². The predicted molar refractivity (Wildman–Crippen MR) is 100 cm³/mol. The summed E-state index contributed by atoms with van der Waals surface area (Å²) in [6.45, 7) is 9.92. The van der Waals surface area contributed by atoms with Crippen molar-refractivity contribution in [3.63, 3.8) is 0 Å². The average Bonchev–Trinajstić information content (AvgIpc) is 2.50. The summed E-state index contributed by atoms with van der Waals surface area (Å²) in [5, 5.41) is 0. The van der Waals surface area contributed by atoms with E-state index in [-0.39, 0.29) is 0 Å². The molecule has 0 aromatic heterocycles. The highest BCUT2D eigenvalue weighted by atomic mass is 16.5. The Balaban J connectivity index is 2.95. The van der Waals surface area contributed by atoms with Crippen LogP contribution in [0, 0.1) is 5.92 Å². The minimum atomic E-state index is 0.706. The molecule has 0 unspecified atom stereocenters. The van der Waals surface area contributed by atoms with E-state index in [1.54, 1.807) is 0 Å². The van der Waals surface area contributed by atoms with Crippen molar-refractivity contribution in [2.75, 3.05) is 13.2 Å². The van der Waals surface area contributed by atoms with Crippen LogP contribution in [0.3, 0.4) is 0 Å². The Morgan fingerprint density at radius 3 is 1.50 bits per heavy atom. The standard InChI is InChI=1S/C21H42O/c1-4-19-22-20-17-15-13-11-9-7-5-6-8-10-12-14-16-18-21(2)3/h4,21H,1,5-20H2,2-3H3. The van der Waals surface area contributed by atoms with Gasteiger partial charge in [-0.05, 0) is 12.3 Å². The minimum absolute atomic E-state index is 0.706. The maximum atomic E-state index is 5.38. The second-order valence-electron chi connectivity index (χ2n) is 7.14. The maximum absolute atomic E-state index is 5.38. The first-order valence-corrected chi connectivity index (χ1v) is 9.96. The Morgan fingerprint density at radius 2 is 1.09 bits per heavy atom. The number of ether oxygens (including phenoxy) is 1. The van der Waals surface area contributed by atoms with E-state index in [1.807, 2.05) is 6.08 Å². The normalized spacial score (nSPS) is 11.2. The average molecular weight is 311 g/mol. The molecule has 132 valence electrons. The lowest BCUT2D eigenvalue weighted by molar-refractivity contribution is 0.157. The van der Waals surface area contributed by atoms with Crippen molar-refractivity contribution in [3.05, 3.63) is 12.7 Å². The predicted octanol–water partition coefficient (Wildman–Crippen LogP) is 7.31. The van der Waals surface area contributed by atoms with Crippen LogP contribution in [0.1, 0.15) is 104 Å². The zero-order valence-electron chi connectivity index (χ0n) is 15.6. The Labute approximate surface area is 140 Å². The van der Waals surface area contributed by atoms with Crippen molar-refractivity contribution in [1.29, 1.82) is 0 Å². The van der Waals surface area contributed by atoms with Gasteiger partial charge >= 0.3 is 0 Å². The van der Waals surface area contributed by atoms with E-state index in [0.717, 1.165) is 12.5 Å². The van der Waals surface area contributed by atoms with Crippen molar-refractivity contribution >= 4 is 0 Å². The molecule has 0 fully saturated rings. The first-order chi connectivity index (χ1) is 10.8. The van der Waals surface area contributed by atoms with E-state index in [0.29, 0.717) is 6.61 Å². The maximum Gasteiger partial charge on any atom is 0.0644 e. The number of hydrogen-bond donors (Lipinski definition) is 0. The lowest BCUT2D eigenvalue weighted by atomic mass is 10.0. The SMILES string of the molecule is C=CCOCCCCCCCCCCCCCCCC(C)C. The first-order valence-electron chi connectivity index (χ1n) is 9.96. The van der Waals surface area contributed by atoms with E-state index in [2.05, 4.69) is 20.4 Å². The lowest BCUT2D eigenvalue weighted by Crippen LogP contribution is -1.93. The van der Waals surface area contributed by atoms with Gasteiger partial charge in [0.15, 0.2) is 0 Å². The fraction of sp³-hybridized carbons (Fsp3) is 0.905. The highest BCUT2D eigenvalue weighted by molar-refractivity contribution is 4.63. The number of hydrogen-bond acceptors (Lipinski definition) is 1. The van der Waals surface area contributed by atoms with Crippen LogP contribution in [0.25, 0.3) is 0 Å². The van der Waals surface area contributed by atoms with E-state index in [9.17, 15) is 0 Å². The molecule has 0 bridgehead atoms. The smallest absolute Gasteiger partial charge is 0.0644 e. The van der Waals surface area contributed by atoms with Crippen LogP contribution in [0.15, 0.2) is 12.7 Å². The molecule has 0 aliphatic rings. The van der Waals surface area contributed by atoms with Crippen molar-refractivity contribution in [3.8, 4) is 0 Å². The second kappa shape index (κ2) is 18.7. The molecule has 0 aliphatic heterocycles. The summed E-state index contributed by atoms with van der Waals surface area (Å²) in [5.41, 5.74) is 0. The zero-order valence-corrected chi connectivity index (χ0v) is 15.6. The molecule has 0 aromatic carbocycles. The van der Waals surface area contributed by atoms with Crippen LogP contribution in [-0.2, 0) is 4.74 Å². The Morgan fingerprint density at radius 1 is 0.682 bits per heavy atom. The van der Waals surface area contributed by atoms with E-state index in [4.69, 9.17) is 4.74 Å². The molecule has 0 aromatic rings. The molecule has 0 rings (SSSR count). The van der Waals surface area contributed by atoms with Gasteiger partial charge in [-0.1, -0.05) is 103 Å². The molecule has 0 aliphatic carbocycles. The molecule has 0 radical (unpaired) electrons. The molecule has 0 atom stereocenters. The van der Waals surface area contributed by atoms with Crippen molar-refractivity contribution in [1.82, 2.24) is 0 Å². The summed E-state index contributed by atoms with van der Waals surface area (Å²) in [5.74, 6) is 0.889. The fourth-order valence-electron chi connectivity index (χ4n) is 2.87. The van der Waals surface area contributed by atoms with Gasteiger partial charge in [-0.25, -0.2) is 0 Å². The van der Waals surface area contributed by atoms with Gasteiger partial charge in [0.25, 0.3) is 0 Å². The third kappa shape index (κ3) is 19.7. The summed E-state index contributed by atoms with van der Waals surface area (Å²) in [7, 11) is 0. The van der Waals surface area contributed by atoms with Crippen LogP contribution < -0.4 is 0 Å². The second-order valence-corrected chi connectivity index (χ2v) is 7.14. The highest BCUT2D eigenvalue weighted by Gasteiger charge is 1.96. The zero-order chi connectivity index (χ0) is 16.3. The van der Waals surface area contributed by atoms with Gasteiger partial charge in [0.05, 0.1) is 6.61 Å². The topological polar surface area (TPSA) is 9.23 Å². The van der Waals surface area contributed by atoms with Crippen LogP contribution >= 0.6 is 0 Å². The summed E-state index contributed by atoms with van der Waals surface area (Å²) >= 11 is 0. The molecular formula is C21H42O. The minimum Gasteiger partial charge on any atom is -0.377 e. The van der Waals surface area contributed by atoms with Crippen LogP contribution in [0.4, 0.5) is 0 Å². The van der Waals surface area contributed by atoms with E-state index >= 15 is 0 Å². The quantitative estimate of drug-likeness (QED) is 0.190. The molecule has 1 nitrogen and oxygen atoms in total. The Hall–Kier alpha value is -0.300. The summed E-state index contributed by atoms with van der Waals surface area (Å²) < 4.78 is 5.38. The molecule has 0 saturated carbocycles. The van der Waals surface area contributed by atoms with Gasteiger partial charge in [0.2, 0.25) is 0 Å². The third-order valence-corrected chi connectivity index (χ3v) is 4.31. The van der Waals surface area contributed by atoms with Crippen LogP contribution in [-0.4, -0.2) is 13.2 Å². The fourth-order valence-corrected chi connectivity index (χ4v) is 2.87. The molecular weight excluding hydrogens is 268 g/mol. The van der Waals surface area contributed by atoms with Crippen LogP contribution in [0.5, 0.6) is 0 Å². The van der Waals surface area contributed by atoms with Crippen molar-refractivity contribution in [2.24, 2.45) is 5.92 Å². The van der Waals surface area contributed by atoms with E-state index in [1.165, 1.54) is 89.9 Å². The Kier molecular flexibility index (Phi) is 18.5. The summed E-state index contributed by atoms with van der Waals surface area (Å²) in [6, 6.07) is 0. The van der Waals surface area contributed by atoms with Crippen molar-refractivity contribution < 1.29 is 4.74 Å². The largest absolute Gasteiger partial charge is 0.377 e. The third-order valence-electron chi connectivity index (χ3n) is 4.31. The summed E-state index contributed by atoms with van der Waals surface area (Å²) in [6.07, 6.45) is 21.6. The van der Waals surface area contributed by atoms with Gasteiger partial charge < -0.3 is 4.74 Å². The molecule has 0 amide bonds. The monoisotopic (exact) mass is 310 g/mol. The number of unbranched alkanes of at least 4 members (excludes halogenated alkanes) is 12. The molecule has 0 N–H and O–H groups in total. The molecule has 0 heterocycles. The summed E-state index contributed by atoms with van der Waals surface area (Å²) in [4.78, 5) is 0. The first kappa shape index (κ1) is 21.7. The van der Waals surface area contributed by atoms with E-state index < -0.39 is 0 Å². The Bertz CT molecular complexity index is 210. The number of rotatable bonds is 18. The molecule has 22 heavy (non-hydrogen) atoms. The van der Waals surface area contributed by atoms with Gasteiger partial charge in [-0.2, -0.15) is 0 Å². The van der Waals surface area contributed by atoms with Gasteiger partial charge in [0.1, 0.15) is 0 Å². The van der Waals surface area contributed by atoms with Gasteiger partial charge in [-0.3, -0.25) is 0 Å². The van der Waals surface area contributed by atoms with Gasteiger partial charge in [0, 0.05) is 6.61 Å². The molecule has 0 saturated heterocycles.